The molecular formula is C15H26ClN3O2S. The van der Waals surface area contributed by atoms with Crippen molar-refractivity contribution in [2.24, 2.45) is 0 Å². The minimum absolute atomic E-state index is 0. The van der Waals surface area contributed by atoms with Crippen molar-refractivity contribution in [1.82, 2.24) is 14.9 Å². The Labute approximate surface area is 139 Å². The third kappa shape index (κ3) is 5.85. The van der Waals surface area contributed by atoms with Crippen LogP contribution < -0.4 is 10.0 Å². The second-order valence-corrected chi connectivity index (χ2v) is 7.63. The first kappa shape index (κ1) is 19.4. The number of nitrogens with one attached hydrogen (secondary N) is 2. The van der Waals surface area contributed by atoms with E-state index in [1.807, 2.05) is 26.2 Å². The Morgan fingerprint density at radius 3 is 2.50 bits per heavy atom. The number of nitrogens with zero attached hydrogens (tertiary/aromatic N) is 1. The van der Waals surface area contributed by atoms with Gasteiger partial charge in [-0.25, -0.2) is 13.1 Å². The van der Waals surface area contributed by atoms with Gasteiger partial charge in [-0.3, -0.25) is 0 Å². The molecule has 7 heteroatoms. The minimum atomic E-state index is -3.39. The smallest absolute Gasteiger partial charge is 0.240 e. The maximum absolute atomic E-state index is 12.2. The molecule has 0 saturated carbocycles. The highest BCUT2D eigenvalue weighted by Gasteiger charge is 2.17. The molecule has 2 N–H and O–H groups in total. The van der Waals surface area contributed by atoms with E-state index in [0.29, 0.717) is 17.5 Å². The lowest BCUT2D eigenvalue weighted by molar-refractivity contribution is 0.402. The van der Waals surface area contributed by atoms with Crippen molar-refractivity contribution < 1.29 is 8.42 Å². The van der Waals surface area contributed by atoms with Gasteiger partial charge in [0.25, 0.3) is 0 Å². The van der Waals surface area contributed by atoms with Crippen LogP contribution in [0.4, 0.5) is 0 Å². The first-order valence-electron chi connectivity index (χ1n) is 7.44. The normalized spacial score (nSPS) is 18.4. The van der Waals surface area contributed by atoms with Gasteiger partial charge in [-0.05, 0) is 57.6 Å². The third-order valence-electron chi connectivity index (χ3n) is 3.68. The second-order valence-electron chi connectivity index (χ2n) is 5.86. The van der Waals surface area contributed by atoms with Crippen molar-refractivity contribution in [2.45, 2.75) is 36.7 Å². The van der Waals surface area contributed by atoms with Gasteiger partial charge in [-0.2, -0.15) is 0 Å². The van der Waals surface area contributed by atoms with Crippen LogP contribution in [0.2, 0.25) is 0 Å². The molecule has 22 heavy (non-hydrogen) atoms. The number of benzene rings is 1. The summed E-state index contributed by atoms with van der Waals surface area (Å²) in [5, 5.41) is 3.37. The maximum atomic E-state index is 12.2. The summed E-state index contributed by atoms with van der Waals surface area (Å²) < 4.78 is 27.1. The molecule has 0 aliphatic carbocycles. The molecule has 0 radical (unpaired) electrons. The fourth-order valence-electron chi connectivity index (χ4n) is 2.59. The molecule has 1 heterocycles. The van der Waals surface area contributed by atoms with Crippen molar-refractivity contribution in [3.63, 3.8) is 0 Å². The first-order valence-corrected chi connectivity index (χ1v) is 8.92. The maximum Gasteiger partial charge on any atom is 0.240 e. The van der Waals surface area contributed by atoms with Gasteiger partial charge >= 0.3 is 0 Å². The van der Waals surface area contributed by atoms with Crippen molar-refractivity contribution in [1.29, 1.82) is 0 Å². The average Bonchev–Trinajstić information content (AvgIpc) is 2.91. The molecule has 1 aliphatic heterocycles. The van der Waals surface area contributed by atoms with E-state index in [4.69, 9.17) is 0 Å². The highest BCUT2D eigenvalue weighted by Crippen LogP contribution is 2.12. The van der Waals surface area contributed by atoms with E-state index >= 15 is 0 Å². The Balaban J connectivity index is 0.00000242. The number of sulfonamides is 1. The van der Waals surface area contributed by atoms with Gasteiger partial charge in [-0.15, -0.1) is 12.4 Å². The van der Waals surface area contributed by atoms with Gasteiger partial charge in [0, 0.05) is 19.1 Å². The molecule has 0 unspecified atom stereocenters. The molecular weight excluding hydrogens is 322 g/mol. The van der Waals surface area contributed by atoms with Gasteiger partial charge < -0.3 is 10.2 Å². The summed E-state index contributed by atoms with van der Waals surface area (Å²) in [6.45, 7) is 2.34. The molecule has 1 fully saturated rings. The highest BCUT2D eigenvalue weighted by molar-refractivity contribution is 7.89. The number of hydrogen-bond acceptors (Lipinski definition) is 4. The van der Waals surface area contributed by atoms with Crippen molar-refractivity contribution in [3.8, 4) is 0 Å². The van der Waals surface area contributed by atoms with Crippen LogP contribution in [-0.4, -0.2) is 46.5 Å². The van der Waals surface area contributed by atoms with E-state index in [1.165, 1.54) is 6.42 Å². The van der Waals surface area contributed by atoms with Crippen LogP contribution in [-0.2, 0) is 16.6 Å². The Morgan fingerprint density at radius 2 is 1.95 bits per heavy atom. The van der Waals surface area contributed by atoms with Crippen LogP contribution in [0, 0.1) is 0 Å². The van der Waals surface area contributed by atoms with E-state index in [-0.39, 0.29) is 12.4 Å². The second kappa shape index (κ2) is 8.84. The average molecular weight is 348 g/mol. The summed E-state index contributed by atoms with van der Waals surface area (Å²) in [5.41, 5.74) is 1.11. The van der Waals surface area contributed by atoms with Gasteiger partial charge in [0.05, 0.1) is 4.90 Å². The molecule has 2 rings (SSSR count). The lowest BCUT2D eigenvalue weighted by Gasteiger charge is -2.12. The zero-order valence-electron chi connectivity index (χ0n) is 13.2. The van der Waals surface area contributed by atoms with Gasteiger partial charge in [0.15, 0.2) is 0 Å². The number of rotatable bonds is 7. The summed E-state index contributed by atoms with van der Waals surface area (Å²) in [6, 6.07) is 7.54. The Kier molecular flexibility index (Phi) is 7.79. The standard InChI is InChI=1S/C15H25N3O2S.ClH/c1-18(2)12-13-5-7-15(8-6-13)21(19,20)17-11-9-14-4-3-10-16-14;/h5-8,14,16-17H,3-4,9-12H2,1-2H3;1H/t14-;/m1./s1. The highest BCUT2D eigenvalue weighted by atomic mass is 35.5. The number of hydrogen-bond donors (Lipinski definition) is 2. The minimum Gasteiger partial charge on any atom is -0.314 e. The van der Waals surface area contributed by atoms with Crippen LogP contribution in [0.15, 0.2) is 29.2 Å². The summed E-state index contributed by atoms with van der Waals surface area (Å²) in [6.07, 6.45) is 3.17. The predicted octanol–water partition coefficient (Wildman–Crippen LogP) is 1.59. The summed E-state index contributed by atoms with van der Waals surface area (Å²) in [5.74, 6) is 0. The fraction of sp³-hybridized carbons (Fsp3) is 0.600. The molecule has 1 aromatic rings. The largest absolute Gasteiger partial charge is 0.314 e. The van der Waals surface area contributed by atoms with E-state index < -0.39 is 10.0 Å². The molecule has 1 aliphatic rings. The first-order chi connectivity index (χ1) is 9.97. The molecule has 126 valence electrons. The SMILES string of the molecule is CN(C)Cc1ccc(S(=O)(=O)NCC[C@H]2CCCN2)cc1.Cl. The van der Waals surface area contributed by atoms with E-state index in [1.54, 1.807) is 12.1 Å². The van der Waals surface area contributed by atoms with Gasteiger partial charge in [0.1, 0.15) is 0 Å². The Bertz CT molecular complexity index is 540. The van der Waals surface area contributed by atoms with E-state index in [2.05, 4.69) is 14.9 Å². The van der Waals surface area contributed by atoms with E-state index in [0.717, 1.165) is 31.5 Å². The number of halogens is 1. The van der Waals surface area contributed by atoms with Crippen LogP contribution >= 0.6 is 12.4 Å². The molecule has 1 aromatic carbocycles. The molecule has 0 aromatic heterocycles. The molecule has 0 bridgehead atoms. The predicted molar refractivity (Wildman–Crippen MR) is 91.9 cm³/mol. The van der Waals surface area contributed by atoms with Crippen LogP contribution in [0.25, 0.3) is 0 Å². The quantitative estimate of drug-likeness (QED) is 0.786. The van der Waals surface area contributed by atoms with Crippen LogP contribution in [0.5, 0.6) is 0 Å². The fourth-order valence-corrected chi connectivity index (χ4v) is 3.64. The lowest BCUT2D eigenvalue weighted by Crippen LogP contribution is -2.30. The van der Waals surface area contributed by atoms with Gasteiger partial charge in [-0.1, -0.05) is 12.1 Å². The molecule has 1 saturated heterocycles. The van der Waals surface area contributed by atoms with Crippen molar-refractivity contribution >= 4 is 22.4 Å². The van der Waals surface area contributed by atoms with Gasteiger partial charge in [0.2, 0.25) is 10.0 Å². The van der Waals surface area contributed by atoms with E-state index in [9.17, 15) is 8.42 Å². The lowest BCUT2D eigenvalue weighted by atomic mass is 10.2. The topological polar surface area (TPSA) is 61.4 Å². The van der Waals surface area contributed by atoms with Crippen molar-refractivity contribution in [2.75, 3.05) is 27.2 Å². The summed E-state index contributed by atoms with van der Waals surface area (Å²) >= 11 is 0. The molecule has 5 nitrogen and oxygen atoms in total. The summed E-state index contributed by atoms with van der Waals surface area (Å²) in [4.78, 5) is 2.39. The third-order valence-corrected chi connectivity index (χ3v) is 5.16. The Hall–Kier alpha value is -0.660. The molecule has 0 amide bonds. The van der Waals surface area contributed by atoms with Crippen LogP contribution in [0.1, 0.15) is 24.8 Å². The monoisotopic (exact) mass is 347 g/mol. The van der Waals surface area contributed by atoms with Crippen LogP contribution in [0.3, 0.4) is 0 Å². The molecule has 1 atom stereocenters. The Morgan fingerprint density at radius 1 is 1.27 bits per heavy atom. The zero-order chi connectivity index (χ0) is 15.3. The van der Waals surface area contributed by atoms with Crippen molar-refractivity contribution in [3.05, 3.63) is 29.8 Å². The molecule has 0 spiro atoms. The zero-order valence-corrected chi connectivity index (χ0v) is 14.8. The summed E-state index contributed by atoms with van der Waals surface area (Å²) in [7, 11) is 0.590.